The zero-order valence-corrected chi connectivity index (χ0v) is 8.14. The summed E-state index contributed by atoms with van der Waals surface area (Å²) in [5.41, 5.74) is 3.62. The SMILES string of the molecule is C1=C/c2c(ccc3[nH]ccc23)\C=C/N=C\1. The summed E-state index contributed by atoms with van der Waals surface area (Å²) in [5.74, 6) is 0. The second-order valence-corrected chi connectivity index (χ2v) is 3.48. The Morgan fingerprint density at radius 1 is 1.07 bits per heavy atom. The molecule has 1 aliphatic heterocycles. The van der Waals surface area contributed by atoms with E-state index in [2.05, 4.69) is 34.3 Å². The van der Waals surface area contributed by atoms with Gasteiger partial charge in [-0.15, -0.1) is 0 Å². The lowest BCUT2D eigenvalue weighted by molar-refractivity contribution is 1.47. The van der Waals surface area contributed by atoms with E-state index in [1.807, 2.05) is 24.5 Å². The van der Waals surface area contributed by atoms with E-state index >= 15 is 0 Å². The minimum Gasteiger partial charge on any atom is -0.361 e. The standard InChI is InChI=1S/C13H10N2/c1-2-11-10(5-8-14-7-1)3-4-13-12(11)6-9-15-13/h1-9,15H/b2-1-,7-1?,8-5-,10-5?,11-2?,14-7-,14-8?. The Kier molecular flexibility index (Phi) is 1.78. The van der Waals surface area contributed by atoms with Crippen LogP contribution in [0.25, 0.3) is 23.1 Å². The summed E-state index contributed by atoms with van der Waals surface area (Å²) in [5, 5.41) is 1.25. The Morgan fingerprint density at radius 3 is 3.07 bits per heavy atom. The van der Waals surface area contributed by atoms with E-state index in [1.165, 1.54) is 22.0 Å². The number of allylic oxidation sites excluding steroid dienone is 1. The van der Waals surface area contributed by atoms with Crippen molar-refractivity contribution in [3.63, 3.8) is 0 Å². The fourth-order valence-electron chi connectivity index (χ4n) is 1.87. The molecule has 0 bridgehead atoms. The third kappa shape index (κ3) is 1.31. The second kappa shape index (κ2) is 3.24. The maximum atomic E-state index is 4.10. The van der Waals surface area contributed by atoms with Gasteiger partial charge in [-0.25, -0.2) is 0 Å². The first-order chi connectivity index (χ1) is 7.45. The van der Waals surface area contributed by atoms with E-state index in [9.17, 15) is 0 Å². The lowest BCUT2D eigenvalue weighted by Crippen LogP contribution is -1.84. The van der Waals surface area contributed by atoms with Crippen LogP contribution in [0.15, 0.2) is 41.7 Å². The molecule has 0 aliphatic carbocycles. The van der Waals surface area contributed by atoms with Crippen molar-refractivity contribution in [3.05, 3.63) is 47.8 Å². The highest BCUT2D eigenvalue weighted by Crippen LogP contribution is 2.24. The Labute approximate surface area is 87.7 Å². The van der Waals surface area contributed by atoms with Crippen molar-refractivity contribution in [2.24, 2.45) is 4.99 Å². The van der Waals surface area contributed by atoms with Crippen LogP contribution in [0.2, 0.25) is 0 Å². The second-order valence-electron chi connectivity index (χ2n) is 3.48. The molecule has 72 valence electrons. The smallest absolute Gasteiger partial charge is 0.0460 e. The third-order valence-electron chi connectivity index (χ3n) is 2.58. The molecule has 15 heavy (non-hydrogen) atoms. The van der Waals surface area contributed by atoms with Crippen molar-refractivity contribution in [2.75, 3.05) is 0 Å². The number of aliphatic imine (C=N–C) groups is 1. The number of nitrogens with zero attached hydrogens (tertiary/aromatic N) is 1. The summed E-state index contributed by atoms with van der Waals surface area (Å²) in [6.45, 7) is 0. The van der Waals surface area contributed by atoms with Crippen LogP contribution in [0.4, 0.5) is 0 Å². The predicted molar refractivity (Wildman–Crippen MR) is 64.9 cm³/mol. The van der Waals surface area contributed by atoms with Gasteiger partial charge in [0.25, 0.3) is 0 Å². The maximum Gasteiger partial charge on any atom is 0.0460 e. The zero-order valence-electron chi connectivity index (χ0n) is 8.14. The number of nitrogens with one attached hydrogen (secondary N) is 1. The maximum absolute atomic E-state index is 4.10. The highest BCUT2D eigenvalue weighted by atomic mass is 14.7. The first kappa shape index (κ1) is 8.24. The quantitative estimate of drug-likeness (QED) is 0.667. The van der Waals surface area contributed by atoms with Crippen LogP contribution in [-0.4, -0.2) is 11.2 Å². The van der Waals surface area contributed by atoms with Crippen LogP contribution < -0.4 is 0 Å². The van der Waals surface area contributed by atoms with Crippen molar-refractivity contribution in [1.29, 1.82) is 0 Å². The monoisotopic (exact) mass is 194 g/mol. The average Bonchev–Trinajstić information content (AvgIpc) is 2.65. The summed E-state index contributed by atoms with van der Waals surface area (Å²) in [4.78, 5) is 7.31. The van der Waals surface area contributed by atoms with Crippen LogP contribution in [-0.2, 0) is 0 Å². The molecule has 0 radical (unpaired) electrons. The Hall–Kier alpha value is -2.09. The first-order valence-electron chi connectivity index (χ1n) is 4.92. The van der Waals surface area contributed by atoms with Crippen molar-refractivity contribution in [1.82, 2.24) is 4.98 Å². The minimum atomic E-state index is 1.17. The van der Waals surface area contributed by atoms with Crippen LogP contribution in [0, 0.1) is 0 Å². The van der Waals surface area contributed by atoms with Gasteiger partial charge in [-0.2, -0.15) is 0 Å². The molecular formula is C13H10N2. The topological polar surface area (TPSA) is 28.1 Å². The fraction of sp³-hybridized carbons (Fsp3) is 0. The Balaban J connectivity index is 2.37. The molecule has 1 aromatic carbocycles. The van der Waals surface area contributed by atoms with Crippen molar-refractivity contribution >= 4 is 29.3 Å². The summed E-state index contributed by atoms with van der Waals surface area (Å²) in [6.07, 6.45) is 11.7. The van der Waals surface area contributed by atoms with Crippen molar-refractivity contribution < 1.29 is 0 Å². The van der Waals surface area contributed by atoms with Gasteiger partial charge in [-0.3, -0.25) is 4.99 Å². The van der Waals surface area contributed by atoms with Crippen LogP contribution in [0.1, 0.15) is 11.1 Å². The van der Waals surface area contributed by atoms with Gasteiger partial charge in [-0.05, 0) is 35.4 Å². The average molecular weight is 194 g/mol. The normalized spacial score (nSPS) is 20.3. The minimum absolute atomic E-state index is 1.17. The van der Waals surface area contributed by atoms with Crippen molar-refractivity contribution in [3.8, 4) is 0 Å². The largest absolute Gasteiger partial charge is 0.361 e. The molecular weight excluding hydrogens is 184 g/mol. The van der Waals surface area contributed by atoms with Gasteiger partial charge in [-0.1, -0.05) is 12.1 Å². The molecule has 2 nitrogen and oxygen atoms in total. The summed E-state index contributed by atoms with van der Waals surface area (Å²) in [6, 6.07) is 6.30. The molecule has 1 aliphatic rings. The molecule has 0 fully saturated rings. The van der Waals surface area contributed by atoms with Gasteiger partial charge < -0.3 is 4.98 Å². The number of rotatable bonds is 0. The van der Waals surface area contributed by atoms with E-state index in [0.717, 1.165) is 0 Å². The lowest BCUT2D eigenvalue weighted by Gasteiger charge is -2.03. The van der Waals surface area contributed by atoms with Gasteiger partial charge in [0.2, 0.25) is 0 Å². The molecule has 2 heteroatoms. The summed E-state index contributed by atoms with van der Waals surface area (Å²) < 4.78 is 0. The molecule has 2 aromatic rings. The third-order valence-corrected chi connectivity index (χ3v) is 2.58. The highest BCUT2D eigenvalue weighted by Gasteiger charge is 2.03. The molecule has 0 saturated heterocycles. The number of hydrogen-bond acceptors (Lipinski definition) is 1. The van der Waals surface area contributed by atoms with Crippen LogP contribution in [0.5, 0.6) is 0 Å². The number of aromatic nitrogens is 1. The molecule has 1 aromatic heterocycles. The predicted octanol–water partition coefficient (Wildman–Crippen LogP) is 3.24. The molecule has 2 heterocycles. The van der Waals surface area contributed by atoms with Crippen LogP contribution >= 0.6 is 0 Å². The van der Waals surface area contributed by atoms with E-state index in [0.29, 0.717) is 0 Å². The molecule has 0 spiro atoms. The molecule has 1 N–H and O–H groups in total. The summed E-state index contributed by atoms with van der Waals surface area (Å²) >= 11 is 0. The van der Waals surface area contributed by atoms with Gasteiger partial charge in [0.1, 0.15) is 0 Å². The number of fused-ring (bicyclic) bond motifs is 3. The zero-order chi connectivity index (χ0) is 10.1. The number of hydrogen-bond donors (Lipinski definition) is 1. The van der Waals surface area contributed by atoms with E-state index < -0.39 is 0 Å². The molecule has 0 saturated carbocycles. The van der Waals surface area contributed by atoms with Gasteiger partial charge >= 0.3 is 0 Å². The van der Waals surface area contributed by atoms with Gasteiger partial charge in [0, 0.05) is 29.5 Å². The number of H-pyrrole nitrogens is 1. The van der Waals surface area contributed by atoms with Crippen LogP contribution in [0.3, 0.4) is 0 Å². The Bertz CT molecular complexity index is 586. The lowest BCUT2D eigenvalue weighted by atomic mass is 10.0. The summed E-state index contributed by atoms with van der Waals surface area (Å²) in [7, 11) is 0. The van der Waals surface area contributed by atoms with E-state index in [1.54, 1.807) is 6.21 Å². The van der Waals surface area contributed by atoms with Crippen molar-refractivity contribution in [2.45, 2.75) is 0 Å². The molecule has 0 amide bonds. The molecule has 0 atom stereocenters. The molecule has 0 unspecified atom stereocenters. The number of aromatic amines is 1. The fourth-order valence-corrected chi connectivity index (χ4v) is 1.87. The van der Waals surface area contributed by atoms with Gasteiger partial charge in [0.05, 0.1) is 0 Å². The van der Waals surface area contributed by atoms with E-state index in [4.69, 9.17) is 0 Å². The van der Waals surface area contributed by atoms with Gasteiger partial charge in [0.15, 0.2) is 0 Å². The van der Waals surface area contributed by atoms with E-state index in [-0.39, 0.29) is 0 Å². The highest BCUT2D eigenvalue weighted by molar-refractivity contribution is 5.95. The molecule has 3 rings (SSSR count). The Morgan fingerprint density at radius 2 is 2.07 bits per heavy atom. The first-order valence-corrected chi connectivity index (χ1v) is 4.92. The number of benzene rings is 1.